The van der Waals surface area contributed by atoms with Crippen LogP contribution in [0.25, 0.3) is 0 Å². The number of furan rings is 1. The third-order valence-corrected chi connectivity index (χ3v) is 6.74. The van der Waals surface area contributed by atoms with Crippen LogP contribution in [0.4, 0.5) is 0 Å². The monoisotopic (exact) mass is 483 g/mol. The number of carbonyl (C=O) groups is 2. The molecule has 1 aromatic heterocycles. The van der Waals surface area contributed by atoms with Gasteiger partial charge in [-0.15, -0.1) is 0 Å². The Balaban J connectivity index is 1.55. The van der Waals surface area contributed by atoms with Crippen molar-refractivity contribution in [1.29, 1.82) is 0 Å². The molecule has 36 heavy (non-hydrogen) atoms. The number of hydrogen-bond acceptors (Lipinski definition) is 6. The van der Waals surface area contributed by atoms with Crippen molar-refractivity contribution in [2.24, 2.45) is 0 Å². The van der Waals surface area contributed by atoms with E-state index in [-0.39, 0.29) is 18.3 Å². The largest absolute Gasteiger partial charge is 0.494 e. The predicted octanol–water partition coefficient (Wildman–Crippen LogP) is 5.78. The van der Waals surface area contributed by atoms with Crippen LogP contribution in [-0.2, 0) is 20.9 Å². The molecule has 0 saturated carbocycles. The maximum Gasteiger partial charge on any atom is 0.337 e. The van der Waals surface area contributed by atoms with E-state index in [2.05, 4.69) is 5.32 Å². The Bertz CT molecular complexity index is 1320. The summed E-state index contributed by atoms with van der Waals surface area (Å²) in [7, 11) is 0. The van der Waals surface area contributed by atoms with Crippen LogP contribution in [-0.4, -0.2) is 18.4 Å². The summed E-state index contributed by atoms with van der Waals surface area (Å²) < 4.78 is 17.3. The highest BCUT2D eigenvalue weighted by molar-refractivity contribution is 6.04. The zero-order chi connectivity index (χ0) is 25.1. The smallest absolute Gasteiger partial charge is 0.337 e. The highest BCUT2D eigenvalue weighted by Gasteiger charge is 2.42. The van der Waals surface area contributed by atoms with Gasteiger partial charge in [-0.25, -0.2) is 4.79 Å². The molecule has 184 valence electrons. The molecule has 2 aromatic carbocycles. The minimum Gasteiger partial charge on any atom is -0.494 e. The number of benzene rings is 2. The van der Waals surface area contributed by atoms with Gasteiger partial charge in [0.15, 0.2) is 5.78 Å². The summed E-state index contributed by atoms with van der Waals surface area (Å²) in [5.74, 6) is 0.340. The first-order valence-corrected chi connectivity index (χ1v) is 12.3. The van der Waals surface area contributed by atoms with Crippen molar-refractivity contribution in [3.63, 3.8) is 0 Å². The van der Waals surface area contributed by atoms with Gasteiger partial charge in [0.2, 0.25) is 0 Å². The summed E-state index contributed by atoms with van der Waals surface area (Å²) in [5, 5.41) is 3.38. The Morgan fingerprint density at radius 2 is 1.81 bits per heavy atom. The van der Waals surface area contributed by atoms with E-state index in [4.69, 9.17) is 13.9 Å². The lowest BCUT2D eigenvalue weighted by molar-refractivity contribution is -0.140. The van der Waals surface area contributed by atoms with Crippen molar-refractivity contribution >= 4 is 11.8 Å². The van der Waals surface area contributed by atoms with Crippen molar-refractivity contribution in [2.45, 2.75) is 45.1 Å². The van der Waals surface area contributed by atoms with Gasteiger partial charge in [-0.3, -0.25) is 4.79 Å². The molecule has 2 atom stereocenters. The lowest BCUT2D eigenvalue weighted by Crippen LogP contribution is -2.36. The third kappa shape index (κ3) is 4.59. The molecule has 0 fully saturated rings. The summed E-state index contributed by atoms with van der Waals surface area (Å²) in [6.07, 6.45) is 2.56. The van der Waals surface area contributed by atoms with Crippen LogP contribution in [0.3, 0.4) is 0 Å². The highest BCUT2D eigenvalue weighted by atomic mass is 16.5. The van der Waals surface area contributed by atoms with E-state index in [9.17, 15) is 9.59 Å². The Kier molecular flexibility index (Phi) is 6.76. The van der Waals surface area contributed by atoms with Crippen LogP contribution < -0.4 is 10.1 Å². The number of nitrogens with one attached hydrogen (secondary N) is 1. The van der Waals surface area contributed by atoms with Crippen LogP contribution in [0, 0.1) is 0 Å². The average Bonchev–Trinajstić information content (AvgIpc) is 3.43. The van der Waals surface area contributed by atoms with Crippen LogP contribution in [0.15, 0.2) is 100.0 Å². The van der Waals surface area contributed by atoms with E-state index in [1.165, 1.54) is 0 Å². The van der Waals surface area contributed by atoms with E-state index >= 15 is 0 Å². The number of allylic oxidation sites excluding steroid dienone is 3. The molecule has 3 aromatic rings. The quantitative estimate of drug-likeness (QED) is 0.429. The van der Waals surface area contributed by atoms with E-state index in [0.29, 0.717) is 42.0 Å². The molecule has 5 rings (SSSR count). The number of rotatable bonds is 7. The number of ether oxygens (including phenoxy) is 2. The normalized spacial score (nSPS) is 19.6. The Morgan fingerprint density at radius 3 is 2.56 bits per heavy atom. The van der Waals surface area contributed by atoms with Gasteiger partial charge in [-0.05, 0) is 44.0 Å². The SMILES string of the molecule is CCOc1ccccc1[C@@H]1C(C(=O)OCc2ccccc2)=C(C)NC2=C1C(=O)C[C@H](c1ccco1)C2. The first-order valence-electron chi connectivity index (χ1n) is 12.3. The van der Waals surface area contributed by atoms with Gasteiger partial charge < -0.3 is 19.2 Å². The number of hydrogen-bond donors (Lipinski definition) is 1. The lowest BCUT2D eigenvalue weighted by Gasteiger charge is -2.36. The predicted molar refractivity (Wildman–Crippen MR) is 135 cm³/mol. The molecule has 6 heteroatoms. The first kappa shape index (κ1) is 23.7. The second kappa shape index (κ2) is 10.3. The van der Waals surface area contributed by atoms with Crippen LogP contribution in [0.5, 0.6) is 5.75 Å². The van der Waals surface area contributed by atoms with Crippen LogP contribution >= 0.6 is 0 Å². The lowest BCUT2D eigenvalue weighted by atomic mass is 9.72. The van der Waals surface area contributed by atoms with Crippen molar-refractivity contribution in [3.05, 3.63) is 112 Å². The number of para-hydroxylation sites is 1. The van der Waals surface area contributed by atoms with E-state index in [0.717, 1.165) is 22.6 Å². The first-order chi connectivity index (χ1) is 17.6. The Labute approximate surface area is 210 Å². The molecule has 0 unspecified atom stereocenters. The fourth-order valence-corrected chi connectivity index (χ4v) is 5.15. The molecule has 1 aliphatic heterocycles. The molecule has 0 saturated heterocycles. The number of esters is 1. The maximum atomic E-state index is 13.7. The average molecular weight is 484 g/mol. The Hall–Kier alpha value is -4.06. The summed E-state index contributed by atoms with van der Waals surface area (Å²) in [4.78, 5) is 27.2. The number of dihydropyridines is 1. The van der Waals surface area contributed by atoms with Gasteiger partial charge in [0.1, 0.15) is 18.1 Å². The van der Waals surface area contributed by atoms with Crippen LogP contribution in [0.1, 0.15) is 55.4 Å². The van der Waals surface area contributed by atoms with Crippen molar-refractivity contribution in [2.75, 3.05) is 6.61 Å². The zero-order valence-corrected chi connectivity index (χ0v) is 20.5. The number of ketones is 1. The molecule has 0 amide bonds. The standard InChI is InChI=1S/C30H29NO5/c1-3-34-26-13-8-7-12-22(26)28-27(30(33)36-18-20-10-5-4-6-11-20)19(2)31-23-16-21(17-24(32)29(23)28)25-14-9-15-35-25/h4-15,21,28,31H,3,16-18H2,1-2H3/t21-,28-/m1/s1. The molecule has 0 bridgehead atoms. The van der Waals surface area contributed by atoms with Gasteiger partial charge in [0.25, 0.3) is 0 Å². The molecule has 6 nitrogen and oxygen atoms in total. The summed E-state index contributed by atoms with van der Waals surface area (Å²) in [6, 6.07) is 20.9. The van der Waals surface area contributed by atoms with E-state index in [1.807, 2.05) is 80.6 Å². The summed E-state index contributed by atoms with van der Waals surface area (Å²) in [6.45, 7) is 4.40. The molecular weight excluding hydrogens is 454 g/mol. The molecule has 1 aliphatic carbocycles. The minimum absolute atomic E-state index is 0.0117. The van der Waals surface area contributed by atoms with Crippen molar-refractivity contribution in [1.82, 2.24) is 5.32 Å². The van der Waals surface area contributed by atoms with Crippen LogP contribution in [0.2, 0.25) is 0 Å². The van der Waals surface area contributed by atoms with Gasteiger partial charge in [-0.1, -0.05) is 48.5 Å². The van der Waals surface area contributed by atoms with Gasteiger partial charge in [0, 0.05) is 34.9 Å². The van der Waals surface area contributed by atoms with Gasteiger partial charge >= 0.3 is 5.97 Å². The maximum absolute atomic E-state index is 13.7. The topological polar surface area (TPSA) is 77.8 Å². The fourth-order valence-electron chi connectivity index (χ4n) is 5.15. The van der Waals surface area contributed by atoms with Gasteiger partial charge in [0.05, 0.1) is 24.4 Å². The minimum atomic E-state index is -0.586. The van der Waals surface area contributed by atoms with E-state index < -0.39 is 11.9 Å². The molecule has 1 N–H and O–H groups in total. The second-order valence-corrected chi connectivity index (χ2v) is 9.07. The molecule has 2 aliphatic rings. The molecule has 2 heterocycles. The molecule has 0 spiro atoms. The number of Topliss-reactive ketones (excluding diaryl/α,β-unsaturated/α-hetero) is 1. The van der Waals surface area contributed by atoms with Gasteiger partial charge in [-0.2, -0.15) is 0 Å². The molecular formula is C30H29NO5. The van der Waals surface area contributed by atoms with Crippen molar-refractivity contribution in [3.8, 4) is 5.75 Å². The van der Waals surface area contributed by atoms with Crippen molar-refractivity contribution < 1.29 is 23.5 Å². The fraction of sp³-hybridized carbons (Fsp3) is 0.267. The third-order valence-electron chi connectivity index (χ3n) is 6.74. The zero-order valence-electron chi connectivity index (χ0n) is 20.5. The Morgan fingerprint density at radius 1 is 1.03 bits per heavy atom. The summed E-state index contributed by atoms with van der Waals surface area (Å²) in [5.41, 5.74) is 4.21. The summed E-state index contributed by atoms with van der Waals surface area (Å²) >= 11 is 0. The highest BCUT2D eigenvalue weighted by Crippen LogP contribution is 2.47. The molecule has 0 radical (unpaired) electrons. The second-order valence-electron chi connectivity index (χ2n) is 9.07. The van der Waals surface area contributed by atoms with E-state index in [1.54, 1.807) is 6.26 Å². The number of carbonyl (C=O) groups excluding carboxylic acids is 2.